The van der Waals surface area contributed by atoms with Crippen molar-refractivity contribution in [1.82, 2.24) is 0 Å². The van der Waals surface area contributed by atoms with E-state index in [1.807, 2.05) is 0 Å². The van der Waals surface area contributed by atoms with Gasteiger partial charge in [-0.1, -0.05) is 12.8 Å². The summed E-state index contributed by atoms with van der Waals surface area (Å²) in [5, 5.41) is 9.94. The SMILES string of the molecule is O[C@@H](c1cc(F)cc(F)c1)C1CCCC1. The van der Waals surface area contributed by atoms with Crippen molar-refractivity contribution < 1.29 is 13.9 Å². The Morgan fingerprint density at radius 3 is 2.13 bits per heavy atom. The summed E-state index contributed by atoms with van der Waals surface area (Å²) in [7, 11) is 0. The lowest BCUT2D eigenvalue weighted by atomic mass is 9.94. The average Bonchev–Trinajstić information content (AvgIpc) is 2.67. The second-order valence-corrected chi connectivity index (χ2v) is 4.19. The van der Waals surface area contributed by atoms with Crippen molar-refractivity contribution in [2.45, 2.75) is 31.8 Å². The summed E-state index contributed by atoms with van der Waals surface area (Å²) in [6.07, 6.45) is 3.36. The van der Waals surface area contributed by atoms with Crippen LogP contribution in [0.1, 0.15) is 37.4 Å². The molecule has 0 radical (unpaired) electrons. The van der Waals surface area contributed by atoms with Gasteiger partial charge >= 0.3 is 0 Å². The van der Waals surface area contributed by atoms with E-state index in [2.05, 4.69) is 0 Å². The standard InChI is InChI=1S/C12H14F2O/c13-10-5-9(6-11(14)7-10)12(15)8-3-1-2-4-8/h5-8,12,15H,1-4H2/t12-/m1/s1. The van der Waals surface area contributed by atoms with Crippen LogP contribution in [-0.4, -0.2) is 5.11 Å². The van der Waals surface area contributed by atoms with Gasteiger partial charge in [-0.05, 0) is 36.5 Å². The molecule has 1 aliphatic rings. The Labute approximate surface area is 87.7 Å². The van der Waals surface area contributed by atoms with Gasteiger partial charge in [0, 0.05) is 6.07 Å². The first kappa shape index (κ1) is 10.6. The summed E-state index contributed by atoms with van der Waals surface area (Å²) in [5.41, 5.74) is 0.361. The topological polar surface area (TPSA) is 20.2 Å². The molecule has 0 unspecified atom stereocenters. The fraction of sp³-hybridized carbons (Fsp3) is 0.500. The van der Waals surface area contributed by atoms with Crippen LogP contribution in [0.2, 0.25) is 0 Å². The fourth-order valence-corrected chi connectivity index (χ4v) is 2.29. The summed E-state index contributed by atoms with van der Waals surface area (Å²) in [6, 6.07) is 3.25. The maximum Gasteiger partial charge on any atom is 0.126 e. The zero-order valence-electron chi connectivity index (χ0n) is 8.42. The van der Waals surface area contributed by atoms with Gasteiger partial charge in [0.1, 0.15) is 11.6 Å². The Morgan fingerprint density at radius 1 is 1.07 bits per heavy atom. The van der Waals surface area contributed by atoms with Crippen LogP contribution in [0.25, 0.3) is 0 Å². The van der Waals surface area contributed by atoms with E-state index in [1.54, 1.807) is 0 Å². The first-order valence-corrected chi connectivity index (χ1v) is 5.31. The maximum atomic E-state index is 12.9. The largest absolute Gasteiger partial charge is 0.388 e. The molecular formula is C12H14F2O. The van der Waals surface area contributed by atoms with Crippen molar-refractivity contribution in [1.29, 1.82) is 0 Å². The van der Waals surface area contributed by atoms with Gasteiger partial charge in [0.15, 0.2) is 0 Å². The normalized spacial score (nSPS) is 19.4. The molecule has 2 rings (SSSR count). The molecule has 0 bridgehead atoms. The molecule has 3 heteroatoms. The summed E-state index contributed by atoms with van der Waals surface area (Å²) in [5.74, 6) is -1.09. The van der Waals surface area contributed by atoms with Crippen LogP contribution in [0.15, 0.2) is 18.2 Å². The number of rotatable bonds is 2. The van der Waals surface area contributed by atoms with E-state index in [-0.39, 0.29) is 5.92 Å². The third kappa shape index (κ3) is 2.34. The van der Waals surface area contributed by atoms with Gasteiger partial charge in [0.2, 0.25) is 0 Å². The zero-order valence-corrected chi connectivity index (χ0v) is 8.42. The van der Waals surface area contributed by atoms with E-state index in [0.29, 0.717) is 5.56 Å². The molecule has 0 heterocycles. The molecule has 1 fully saturated rings. The van der Waals surface area contributed by atoms with Crippen molar-refractivity contribution in [2.24, 2.45) is 5.92 Å². The van der Waals surface area contributed by atoms with Crippen LogP contribution in [0.5, 0.6) is 0 Å². The van der Waals surface area contributed by atoms with Crippen LogP contribution in [0.3, 0.4) is 0 Å². The van der Waals surface area contributed by atoms with Gasteiger partial charge in [-0.15, -0.1) is 0 Å². The predicted octanol–water partition coefficient (Wildman–Crippen LogP) is 3.19. The number of hydrogen-bond donors (Lipinski definition) is 1. The van der Waals surface area contributed by atoms with Gasteiger partial charge in [0.25, 0.3) is 0 Å². The van der Waals surface area contributed by atoms with Gasteiger partial charge in [0.05, 0.1) is 6.10 Å². The molecule has 1 atom stereocenters. The highest BCUT2D eigenvalue weighted by molar-refractivity contribution is 5.20. The first-order chi connectivity index (χ1) is 7.16. The Hall–Kier alpha value is -0.960. The zero-order chi connectivity index (χ0) is 10.8. The molecule has 0 spiro atoms. The van der Waals surface area contributed by atoms with Crippen molar-refractivity contribution in [3.8, 4) is 0 Å². The van der Waals surface area contributed by atoms with Gasteiger partial charge in [-0.2, -0.15) is 0 Å². The van der Waals surface area contributed by atoms with Gasteiger partial charge < -0.3 is 5.11 Å². The molecule has 0 aromatic heterocycles. The molecule has 15 heavy (non-hydrogen) atoms. The smallest absolute Gasteiger partial charge is 0.126 e. The molecule has 0 amide bonds. The minimum Gasteiger partial charge on any atom is -0.388 e. The average molecular weight is 212 g/mol. The second kappa shape index (κ2) is 4.27. The molecule has 1 aromatic rings. The van der Waals surface area contributed by atoms with E-state index >= 15 is 0 Å². The van der Waals surface area contributed by atoms with E-state index in [1.165, 1.54) is 12.1 Å². The second-order valence-electron chi connectivity index (χ2n) is 4.19. The van der Waals surface area contributed by atoms with Crippen molar-refractivity contribution in [3.05, 3.63) is 35.4 Å². The van der Waals surface area contributed by atoms with E-state index in [4.69, 9.17) is 0 Å². The van der Waals surface area contributed by atoms with Gasteiger partial charge in [-0.3, -0.25) is 0 Å². The highest BCUT2D eigenvalue weighted by atomic mass is 19.1. The highest BCUT2D eigenvalue weighted by Gasteiger charge is 2.25. The molecule has 1 nitrogen and oxygen atoms in total. The number of hydrogen-bond acceptors (Lipinski definition) is 1. The Balaban J connectivity index is 2.20. The van der Waals surface area contributed by atoms with E-state index < -0.39 is 17.7 Å². The number of aliphatic hydroxyl groups is 1. The molecule has 82 valence electrons. The first-order valence-electron chi connectivity index (χ1n) is 5.31. The monoisotopic (exact) mass is 212 g/mol. The van der Waals surface area contributed by atoms with Gasteiger partial charge in [-0.25, -0.2) is 8.78 Å². The minimum absolute atomic E-state index is 0.159. The third-order valence-electron chi connectivity index (χ3n) is 3.07. The summed E-state index contributed by atoms with van der Waals surface area (Å²) in [6.45, 7) is 0. The Bertz CT molecular complexity index is 325. The minimum atomic E-state index is -0.724. The van der Waals surface area contributed by atoms with Crippen molar-refractivity contribution in [2.75, 3.05) is 0 Å². The summed E-state index contributed by atoms with van der Waals surface area (Å²) >= 11 is 0. The Morgan fingerprint density at radius 2 is 1.60 bits per heavy atom. The molecule has 1 aromatic carbocycles. The lowest BCUT2D eigenvalue weighted by molar-refractivity contribution is 0.111. The number of benzene rings is 1. The van der Waals surface area contributed by atoms with Crippen LogP contribution >= 0.6 is 0 Å². The Kier molecular flexibility index (Phi) is 3.00. The lowest BCUT2D eigenvalue weighted by Gasteiger charge is -2.17. The quantitative estimate of drug-likeness (QED) is 0.798. The molecule has 1 N–H and O–H groups in total. The number of halogens is 2. The van der Waals surface area contributed by atoms with Crippen molar-refractivity contribution in [3.63, 3.8) is 0 Å². The molecular weight excluding hydrogens is 198 g/mol. The number of aliphatic hydroxyl groups excluding tert-OH is 1. The van der Waals surface area contributed by atoms with E-state index in [9.17, 15) is 13.9 Å². The summed E-state index contributed by atoms with van der Waals surface area (Å²) in [4.78, 5) is 0. The molecule has 1 saturated carbocycles. The summed E-state index contributed by atoms with van der Waals surface area (Å²) < 4.78 is 25.8. The van der Waals surface area contributed by atoms with Crippen LogP contribution in [-0.2, 0) is 0 Å². The lowest BCUT2D eigenvalue weighted by Crippen LogP contribution is -2.09. The van der Waals surface area contributed by atoms with E-state index in [0.717, 1.165) is 31.7 Å². The maximum absolute atomic E-state index is 12.9. The van der Waals surface area contributed by atoms with Crippen LogP contribution in [0.4, 0.5) is 8.78 Å². The van der Waals surface area contributed by atoms with Crippen LogP contribution < -0.4 is 0 Å². The molecule has 1 aliphatic carbocycles. The van der Waals surface area contributed by atoms with Crippen LogP contribution in [0, 0.1) is 17.6 Å². The fourth-order valence-electron chi connectivity index (χ4n) is 2.29. The molecule has 0 saturated heterocycles. The predicted molar refractivity (Wildman–Crippen MR) is 53.3 cm³/mol. The molecule has 0 aliphatic heterocycles. The third-order valence-corrected chi connectivity index (χ3v) is 3.07. The highest BCUT2D eigenvalue weighted by Crippen LogP contribution is 2.35. The van der Waals surface area contributed by atoms with Crippen molar-refractivity contribution >= 4 is 0 Å².